The van der Waals surface area contributed by atoms with Crippen molar-refractivity contribution in [3.05, 3.63) is 52.0 Å². The van der Waals surface area contributed by atoms with Gasteiger partial charge in [-0.1, -0.05) is 41.8 Å². The Kier molecular flexibility index (Phi) is 5.11. The fourth-order valence-corrected chi connectivity index (χ4v) is 3.51. The summed E-state index contributed by atoms with van der Waals surface area (Å²) in [4.78, 5) is 13.1. The van der Waals surface area contributed by atoms with Gasteiger partial charge in [0.2, 0.25) is 5.91 Å². The van der Waals surface area contributed by atoms with E-state index >= 15 is 0 Å². The number of benzene rings is 2. The molecule has 1 saturated carbocycles. The van der Waals surface area contributed by atoms with Gasteiger partial charge in [-0.3, -0.25) is 4.79 Å². The van der Waals surface area contributed by atoms with E-state index < -0.39 is 5.41 Å². The molecule has 0 saturated heterocycles. The fraction of sp³-hybridized carbons (Fsp3) is 0.316. The van der Waals surface area contributed by atoms with E-state index in [-0.39, 0.29) is 5.91 Å². The fourth-order valence-electron chi connectivity index (χ4n) is 3.15. The van der Waals surface area contributed by atoms with Crippen LogP contribution in [0.4, 0.5) is 5.69 Å². The molecule has 0 heterocycles. The van der Waals surface area contributed by atoms with Gasteiger partial charge in [-0.05, 0) is 36.6 Å². The van der Waals surface area contributed by atoms with Crippen LogP contribution < -0.4 is 14.8 Å². The largest absolute Gasteiger partial charge is 0.495 e. The SMILES string of the molecule is COc1cc(OC)c(NC(=O)C2(c3ccc(Cl)cc3)CCC2)cc1Cl. The smallest absolute Gasteiger partial charge is 0.235 e. The zero-order chi connectivity index (χ0) is 18.0. The van der Waals surface area contributed by atoms with Gasteiger partial charge in [-0.25, -0.2) is 0 Å². The van der Waals surface area contributed by atoms with Gasteiger partial charge in [0, 0.05) is 11.1 Å². The number of nitrogens with one attached hydrogen (secondary N) is 1. The highest BCUT2D eigenvalue weighted by Crippen LogP contribution is 2.46. The highest BCUT2D eigenvalue weighted by atomic mass is 35.5. The van der Waals surface area contributed by atoms with Crippen molar-refractivity contribution in [3.63, 3.8) is 0 Å². The maximum Gasteiger partial charge on any atom is 0.235 e. The Bertz CT molecular complexity index is 786. The first-order valence-electron chi connectivity index (χ1n) is 7.99. The third-order valence-corrected chi connectivity index (χ3v) is 5.31. The molecule has 2 aromatic carbocycles. The third-order valence-electron chi connectivity index (χ3n) is 4.76. The van der Waals surface area contributed by atoms with Gasteiger partial charge in [0.25, 0.3) is 0 Å². The summed E-state index contributed by atoms with van der Waals surface area (Å²) in [7, 11) is 3.07. The number of hydrogen-bond donors (Lipinski definition) is 1. The Morgan fingerprint density at radius 2 is 1.68 bits per heavy atom. The molecule has 0 bridgehead atoms. The van der Waals surface area contributed by atoms with Crippen LogP contribution in [0, 0.1) is 0 Å². The maximum absolute atomic E-state index is 13.1. The standard InChI is InChI=1S/C19H19Cl2NO3/c1-24-16-11-17(25-2)15(10-14(16)21)22-18(23)19(8-3-9-19)12-4-6-13(20)7-5-12/h4-7,10-11H,3,8-9H2,1-2H3,(H,22,23). The van der Waals surface area contributed by atoms with E-state index in [4.69, 9.17) is 32.7 Å². The second-order valence-electron chi connectivity index (χ2n) is 6.08. The van der Waals surface area contributed by atoms with Gasteiger partial charge < -0.3 is 14.8 Å². The normalized spacial score (nSPS) is 15.2. The molecule has 25 heavy (non-hydrogen) atoms. The van der Waals surface area contributed by atoms with E-state index in [0.717, 1.165) is 24.8 Å². The molecule has 0 spiro atoms. The maximum atomic E-state index is 13.1. The molecular weight excluding hydrogens is 361 g/mol. The summed E-state index contributed by atoms with van der Waals surface area (Å²) >= 11 is 12.2. The second-order valence-corrected chi connectivity index (χ2v) is 6.93. The molecule has 0 unspecified atom stereocenters. The quantitative estimate of drug-likeness (QED) is 0.788. The average Bonchev–Trinajstić information content (AvgIpc) is 2.56. The van der Waals surface area contributed by atoms with Crippen molar-refractivity contribution in [3.8, 4) is 11.5 Å². The first-order valence-corrected chi connectivity index (χ1v) is 8.75. The van der Waals surface area contributed by atoms with Crippen LogP contribution in [-0.4, -0.2) is 20.1 Å². The summed E-state index contributed by atoms with van der Waals surface area (Å²) in [5.41, 5.74) is 0.958. The number of rotatable bonds is 5. The molecule has 0 atom stereocenters. The van der Waals surface area contributed by atoms with Crippen LogP contribution >= 0.6 is 23.2 Å². The third kappa shape index (κ3) is 3.29. The summed E-state index contributed by atoms with van der Waals surface area (Å²) < 4.78 is 10.5. The van der Waals surface area contributed by atoms with Gasteiger partial charge in [-0.2, -0.15) is 0 Å². The molecule has 1 N–H and O–H groups in total. The van der Waals surface area contributed by atoms with Gasteiger partial charge >= 0.3 is 0 Å². The van der Waals surface area contributed by atoms with Crippen LogP contribution in [0.2, 0.25) is 10.0 Å². The molecule has 1 amide bonds. The number of amides is 1. The summed E-state index contributed by atoms with van der Waals surface area (Å²) in [5, 5.41) is 4.04. The highest BCUT2D eigenvalue weighted by Gasteiger charge is 2.45. The van der Waals surface area contributed by atoms with Crippen molar-refractivity contribution in [1.29, 1.82) is 0 Å². The molecule has 2 aromatic rings. The van der Waals surface area contributed by atoms with Crippen LogP contribution in [0.15, 0.2) is 36.4 Å². The number of halogens is 2. The van der Waals surface area contributed by atoms with Crippen molar-refractivity contribution >= 4 is 34.8 Å². The minimum absolute atomic E-state index is 0.0689. The lowest BCUT2D eigenvalue weighted by molar-refractivity contribution is -0.124. The van der Waals surface area contributed by atoms with Crippen molar-refractivity contribution in [2.24, 2.45) is 0 Å². The van der Waals surface area contributed by atoms with E-state index in [0.29, 0.717) is 27.2 Å². The van der Waals surface area contributed by atoms with Gasteiger partial charge in [0.05, 0.1) is 30.3 Å². The molecule has 1 aliphatic carbocycles. The van der Waals surface area contributed by atoms with Crippen LogP contribution in [0.3, 0.4) is 0 Å². The molecule has 1 fully saturated rings. The van der Waals surface area contributed by atoms with Crippen LogP contribution in [0.25, 0.3) is 0 Å². The van der Waals surface area contributed by atoms with E-state index in [1.54, 1.807) is 12.1 Å². The Balaban J connectivity index is 1.91. The second kappa shape index (κ2) is 7.14. The first kappa shape index (κ1) is 17.9. The predicted molar refractivity (Wildman–Crippen MR) is 100 cm³/mol. The highest BCUT2D eigenvalue weighted by molar-refractivity contribution is 6.32. The summed E-state index contributed by atoms with van der Waals surface area (Å²) in [6.07, 6.45) is 2.61. The Hall–Kier alpha value is -1.91. The van der Waals surface area contributed by atoms with E-state index in [2.05, 4.69) is 5.32 Å². The van der Waals surface area contributed by atoms with Gasteiger partial charge in [0.15, 0.2) is 0 Å². The van der Waals surface area contributed by atoms with Crippen LogP contribution in [-0.2, 0) is 10.2 Å². The van der Waals surface area contributed by atoms with Crippen molar-refractivity contribution in [1.82, 2.24) is 0 Å². The number of methoxy groups -OCH3 is 2. The molecule has 132 valence electrons. The van der Waals surface area contributed by atoms with Crippen molar-refractivity contribution in [2.75, 3.05) is 19.5 Å². The summed E-state index contributed by atoms with van der Waals surface area (Å²) in [5.74, 6) is 0.924. The molecule has 0 aromatic heterocycles. The zero-order valence-corrected chi connectivity index (χ0v) is 15.6. The minimum atomic E-state index is -0.540. The van der Waals surface area contributed by atoms with Gasteiger partial charge in [-0.15, -0.1) is 0 Å². The number of carbonyl (C=O) groups is 1. The van der Waals surface area contributed by atoms with Crippen molar-refractivity contribution < 1.29 is 14.3 Å². The van der Waals surface area contributed by atoms with Crippen LogP contribution in [0.5, 0.6) is 11.5 Å². The van der Waals surface area contributed by atoms with Gasteiger partial charge in [0.1, 0.15) is 11.5 Å². The lowest BCUT2D eigenvalue weighted by atomic mass is 9.64. The number of hydrogen-bond acceptors (Lipinski definition) is 3. The monoisotopic (exact) mass is 379 g/mol. The lowest BCUT2D eigenvalue weighted by Crippen LogP contribution is -2.46. The Labute approximate surface area is 157 Å². The number of anilines is 1. The van der Waals surface area contributed by atoms with E-state index in [1.165, 1.54) is 14.2 Å². The Morgan fingerprint density at radius 3 is 2.20 bits per heavy atom. The minimum Gasteiger partial charge on any atom is -0.495 e. The van der Waals surface area contributed by atoms with Crippen molar-refractivity contribution in [2.45, 2.75) is 24.7 Å². The van der Waals surface area contributed by atoms with Crippen LogP contribution in [0.1, 0.15) is 24.8 Å². The zero-order valence-electron chi connectivity index (χ0n) is 14.1. The average molecular weight is 380 g/mol. The van der Waals surface area contributed by atoms with E-state index in [1.807, 2.05) is 24.3 Å². The van der Waals surface area contributed by atoms with E-state index in [9.17, 15) is 4.79 Å². The molecule has 1 aliphatic rings. The summed E-state index contributed by atoms with van der Waals surface area (Å²) in [6, 6.07) is 10.8. The number of ether oxygens (including phenoxy) is 2. The molecule has 4 nitrogen and oxygen atoms in total. The predicted octanol–water partition coefficient (Wildman–Crippen LogP) is 5.07. The molecule has 0 aliphatic heterocycles. The lowest BCUT2D eigenvalue weighted by Gasteiger charge is -2.40. The molecular formula is C19H19Cl2NO3. The number of carbonyl (C=O) groups excluding carboxylic acids is 1. The molecule has 0 radical (unpaired) electrons. The molecule has 6 heteroatoms. The topological polar surface area (TPSA) is 47.6 Å². The Morgan fingerprint density at radius 1 is 1.04 bits per heavy atom. The summed E-state index contributed by atoms with van der Waals surface area (Å²) in [6.45, 7) is 0. The molecule has 3 rings (SSSR count). The first-order chi connectivity index (χ1) is 12.0.